The van der Waals surface area contributed by atoms with E-state index in [1.807, 2.05) is 0 Å². The zero-order valence-corrected chi connectivity index (χ0v) is 14.8. The highest BCUT2D eigenvalue weighted by atomic mass is 31.1. The van der Waals surface area contributed by atoms with Gasteiger partial charge in [0.2, 0.25) is 0 Å². The molecule has 0 saturated carbocycles. The Morgan fingerprint density at radius 1 is 1.26 bits per heavy atom. The summed E-state index contributed by atoms with van der Waals surface area (Å²) in [7, 11) is -0.514. The third-order valence-corrected chi connectivity index (χ3v) is 4.79. The second-order valence-electron chi connectivity index (χ2n) is 5.99. The van der Waals surface area contributed by atoms with Gasteiger partial charge in [0, 0.05) is 0 Å². The second kappa shape index (κ2) is 9.10. The van der Waals surface area contributed by atoms with Gasteiger partial charge in [-0.15, -0.1) is 0 Å². The summed E-state index contributed by atoms with van der Waals surface area (Å²) < 4.78 is 12.1. The Morgan fingerprint density at radius 3 is 2.26 bits per heavy atom. The molecule has 19 heavy (non-hydrogen) atoms. The Labute approximate surface area is 121 Å². The molecule has 2 nitrogen and oxygen atoms in total. The van der Waals surface area contributed by atoms with E-state index < -0.39 is 8.15 Å². The van der Waals surface area contributed by atoms with Gasteiger partial charge in [-0.2, -0.15) is 0 Å². The number of hydrogen-bond donors (Lipinski definition) is 0. The first-order chi connectivity index (χ1) is 8.75. The highest BCUT2D eigenvalue weighted by Gasteiger charge is 2.26. The minimum Gasteiger partial charge on any atom is -0.364 e. The summed E-state index contributed by atoms with van der Waals surface area (Å²) in [5.41, 5.74) is 0.976. The van der Waals surface area contributed by atoms with Crippen molar-refractivity contribution in [2.75, 3.05) is 13.0 Å². The van der Waals surface area contributed by atoms with Crippen molar-refractivity contribution in [2.24, 2.45) is 5.92 Å². The van der Waals surface area contributed by atoms with Gasteiger partial charge in [0.05, 0.1) is 26.2 Å². The first kappa shape index (κ1) is 19.1. The van der Waals surface area contributed by atoms with Crippen molar-refractivity contribution in [2.45, 2.75) is 72.5 Å². The van der Waals surface area contributed by atoms with Crippen LogP contribution >= 0.6 is 8.15 Å². The lowest BCUT2D eigenvalue weighted by atomic mass is 9.92. The average molecular weight is 288 g/mol. The van der Waals surface area contributed by atoms with Crippen LogP contribution in [0.1, 0.15) is 60.8 Å². The van der Waals surface area contributed by atoms with E-state index in [-0.39, 0.29) is 5.60 Å². The molecule has 0 bridgehead atoms. The molecule has 0 N–H and O–H groups in total. The van der Waals surface area contributed by atoms with Crippen molar-refractivity contribution in [3.63, 3.8) is 0 Å². The number of hydrogen-bond acceptors (Lipinski definition) is 2. The van der Waals surface area contributed by atoms with Gasteiger partial charge in [-0.05, 0) is 51.3 Å². The van der Waals surface area contributed by atoms with E-state index in [0.717, 1.165) is 19.3 Å². The summed E-state index contributed by atoms with van der Waals surface area (Å²) in [5, 5.41) is 0. The first-order valence-electron chi connectivity index (χ1n) is 7.45. The second-order valence-corrected chi connectivity index (χ2v) is 7.71. The third kappa shape index (κ3) is 7.44. The molecule has 3 unspecified atom stereocenters. The van der Waals surface area contributed by atoms with Gasteiger partial charge in [-0.3, -0.25) is 0 Å². The van der Waals surface area contributed by atoms with Crippen LogP contribution in [-0.4, -0.2) is 24.7 Å². The van der Waals surface area contributed by atoms with Gasteiger partial charge >= 0.3 is 0 Å². The van der Waals surface area contributed by atoms with Gasteiger partial charge in [0.1, 0.15) is 0 Å². The third-order valence-electron chi connectivity index (χ3n) is 3.58. The lowest BCUT2D eigenvalue weighted by molar-refractivity contribution is 0.0162. The summed E-state index contributed by atoms with van der Waals surface area (Å²) in [6, 6.07) is 0. The smallest absolute Gasteiger partial charge is 0.0916 e. The summed E-state index contributed by atoms with van der Waals surface area (Å²) in [4.78, 5) is 0. The molecule has 0 aliphatic heterocycles. The predicted molar refractivity (Wildman–Crippen MR) is 86.9 cm³/mol. The maximum atomic E-state index is 6.10. The lowest BCUT2D eigenvalue weighted by Crippen LogP contribution is -2.30. The molecular formula is C16H33O2P. The van der Waals surface area contributed by atoms with Crippen molar-refractivity contribution >= 4 is 8.15 Å². The van der Waals surface area contributed by atoms with Crippen LogP contribution in [0.4, 0.5) is 0 Å². The Morgan fingerprint density at radius 2 is 1.84 bits per heavy atom. The Hall–Kier alpha value is 0.0900. The van der Waals surface area contributed by atoms with Gasteiger partial charge < -0.3 is 9.26 Å². The monoisotopic (exact) mass is 288 g/mol. The fourth-order valence-corrected chi connectivity index (χ4v) is 3.33. The van der Waals surface area contributed by atoms with Crippen LogP contribution in [0.2, 0.25) is 0 Å². The van der Waals surface area contributed by atoms with E-state index in [0.29, 0.717) is 18.4 Å². The molecule has 0 aromatic heterocycles. The molecule has 0 rings (SSSR count). The van der Waals surface area contributed by atoms with Crippen LogP contribution in [-0.2, 0) is 9.26 Å². The molecular weight excluding hydrogens is 255 g/mol. The summed E-state index contributed by atoms with van der Waals surface area (Å²) in [6.07, 6.45) is 4.06. The van der Waals surface area contributed by atoms with E-state index in [1.165, 1.54) is 5.57 Å². The highest BCUT2D eigenvalue weighted by Crippen LogP contribution is 2.38. The Kier molecular flexibility index (Phi) is 9.15. The molecule has 0 aliphatic carbocycles. The molecule has 0 aliphatic rings. The predicted octanol–water partition coefficient (Wildman–Crippen LogP) is 5.57. The van der Waals surface area contributed by atoms with Crippen molar-refractivity contribution < 1.29 is 9.26 Å². The fraction of sp³-hybridized carbons (Fsp3) is 0.875. The lowest BCUT2D eigenvalue weighted by Gasteiger charge is -2.32. The average Bonchev–Trinajstić information content (AvgIpc) is 2.33. The zero-order chi connectivity index (χ0) is 15.1. The highest BCUT2D eigenvalue weighted by molar-refractivity contribution is 7.51. The molecule has 0 amide bonds. The van der Waals surface area contributed by atoms with Crippen LogP contribution < -0.4 is 0 Å². The van der Waals surface area contributed by atoms with E-state index >= 15 is 0 Å². The van der Waals surface area contributed by atoms with Crippen molar-refractivity contribution in [3.8, 4) is 0 Å². The molecule has 0 spiro atoms. The SMILES string of the molecule is C=C(CC)C(C)(CC)OCP(C)OC(C)CC(C)C. The topological polar surface area (TPSA) is 18.5 Å². The summed E-state index contributed by atoms with van der Waals surface area (Å²) >= 11 is 0. The van der Waals surface area contributed by atoms with E-state index in [9.17, 15) is 0 Å². The maximum Gasteiger partial charge on any atom is 0.0916 e. The molecule has 114 valence electrons. The Balaban J connectivity index is 4.19. The van der Waals surface area contributed by atoms with Gasteiger partial charge in [0.25, 0.3) is 0 Å². The van der Waals surface area contributed by atoms with Crippen LogP contribution in [0.15, 0.2) is 12.2 Å². The molecule has 3 atom stereocenters. The maximum absolute atomic E-state index is 6.10. The quantitative estimate of drug-likeness (QED) is 0.386. The van der Waals surface area contributed by atoms with Crippen LogP contribution in [0.3, 0.4) is 0 Å². The molecule has 3 heteroatoms. The minimum absolute atomic E-state index is 0.198. The van der Waals surface area contributed by atoms with Crippen molar-refractivity contribution in [1.29, 1.82) is 0 Å². The Bertz CT molecular complexity index is 265. The largest absolute Gasteiger partial charge is 0.364 e. The summed E-state index contributed by atoms with van der Waals surface area (Å²) in [6.45, 7) is 19.3. The van der Waals surface area contributed by atoms with Crippen molar-refractivity contribution in [1.82, 2.24) is 0 Å². The van der Waals surface area contributed by atoms with Crippen molar-refractivity contribution in [3.05, 3.63) is 12.2 Å². The molecule has 0 heterocycles. The number of ether oxygens (including phenoxy) is 1. The molecule has 0 aromatic carbocycles. The molecule has 0 fully saturated rings. The van der Waals surface area contributed by atoms with Gasteiger partial charge in [-0.25, -0.2) is 0 Å². The van der Waals surface area contributed by atoms with E-state index in [4.69, 9.17) is 9.26 Å². The van der Waals surface area contributed by atoms with E-state index in [1.54, 1.807) is 0 Å². The van der Waals surface area contributed by atoms with Crippen LogP contribution in [0.5, 0.6) is 0 Å². The van der Waals surface area contributed by atoms with Gasteiger partial charge in [-0.1, -0.05) is 34.3 Å². The molecule has 0 aromatic rings. The van der Waals surface area contributed by atoms with E-state index in [2.05, 4.69) is 54.8 Å². The first-order valence-corrected chi connectivity index (χ1v) is 9.34. The summed E-state index contributed by atoms with van der Waals surface area (Å²) in [5.74, 6) is 0.681. The normalized spacial score (nSPS) is 18.1. The molecule has 0 saturated heterocycles. The zero-order valence-electron chi connectivity index (χ0n) is 14.0. The fourth-order valence-electron chi connectivity index (χ4n) is 2.11. The number of rotatable bonds is 10. The van der Waals surface area contributed by atoms with Crippen LogP contribution in [0.25, 0.3) is 0 Å². The standard InChI is InChI=1S/C16H33O2P/c1-9-14(5)16(7,10-2)17-12-19(8)18-15(6)11-13(3)4/h13,15H,5,9-12H2,1-4,6-8H3. The van der Waals surface area contributed by atoms with Gasteiger partial charge in [0.15, 0.2) is 0 Å². The molecule has 0 radical (unpaired) electrons. The minimum atomic E-state index is -0.514. The van der Waals surface area contributed by atoms with Crippen LogP contribution in [0, 0.1) is 5.92 Å².